The Hall–Kier alpha value is -3.01. The highest BCUT2D eigenvalue weighted by molar-refractivity contribution is 5.89. The maximum atomic E-state index is 13.8. The number of furan rings is 1. The first-order valence-corrected chi connectivity index (χ1v) is 8.98. The molecule has 0 bridgehead atoms. The van der Waals surface area contributed by atoms with Gasteiger partial charge in [-0.15, -0.1) is 0 Å². The minimum Gasteiger partial charge on any atom is -0.463 e. The fraction of sp³-hybridized carbons (Fsp3) is 0.368. The Kier molecular flexibility index (Phi) is 6.42. The van der Waals surface area contributed by atoms with Gasteiger partial charge in [-0.25, -0.2) is 22.8 Å². The third kappa shape index (κ3) is 4.89. The monoisotopic (exact) mass is 411 g/mol. The lowest BCUT2D eigenvalue weighted by Crippen LogP contribution is -2.38. The Bertz CT molecular complexity index is 903. The highest BCUT2D eigenvalue weighted by Gasteiger charge is 2.22. The van der Waals surface area contributed by atoms with Crippen molar-refractivity contribution >= 4 is 17.7 Å². The van der Waals surface area contributed by atoms with Crippen LogP contribution < -0.4 is 5.32 Å². The number of carbonyl (C=O) groups excluding carboxylic acids is 2. The van der Waals surface area contributed by atoms with Gasteiger partial charge in [0.25, 0.3) is 0 Å². The van der Waals surface area contributed by atoms with E-state index >= 15 is 0 Å². The lowest BCUT2D eigenvalue weighted by molar-refractivity contribution is 0.0561. The van der Waals surface area contributed by atoms with E-state index < -0.39 is 35.1 Å². The highest BCUT2D eigenvalue weighted by atomic mass is 19.2. The van der Waals surface area contributed by atoms with E-state index in [-0.39, 0.29) is 5.76 Å². The minimum atomic E-state index is -1.63. The molecule has 0 spiro atoms. The molecule has 1 aliphatic heterocycles. The van der Waals surface area contributed by atoms with Gasteiger partial charge in [-0.2, -0.15) is 0 Å². The van der Waals surface area contributed by atoms with Crippen LogP contribution in [0.1, 0.15) is 22.7 Å². The zero-order chi connectivity index (χ0) is 21.0. The summed E-state index contributed by atoms with van der Waals surface area (Å²) in [5.41, 5.74) is -0.416. The SMILES string of the molecule is COC(=O)c1ccc(CN2CCCN(C(=O)Nc3ccc(F)c(F)c3F)CC2)o1. The molecule has 1 N–H and O–H groups in total. The van der Waals surface area contributed by atoms with E-state index in [9.17, 15) is 22.8 Å². The predicted molar refractivity (Wildman–Crippen MR) is 96.8 cm³/mol. The fourth-order valence-electron chi connectivity index (χ4n) is 3.04. The summed E-state index contributed by atoms with van der Waals surface area (Å²) in [4.78, 5) is 27.4. The van der Waals surface area contributed by atoms with Crippen molar-refractivity contribution in [3.05, 3.63) is 53.2 Å². The van der Waals surface area contributed by atoms with E-state index in [0.717, 1.165) is 12.1 Å². The molecule has 1 aromatic carbocycles. The summed E-state index contributed by atoms with van der Waals surface area (Å²) in [5, 5.41) is 2.28. The summed E-state index contributed by atoms with van der Waals surface area (Å²) in [6, 6.07) is 4.36. The van der Waals surface area contributed by atoms with Crippen molar-refractivity contribution in [2.75, 3.05) is 38.6 Å². The van der Waals surface area contributed by atoms with Crippen molar-refractivity contribution in [2.45, 2.75) is 13.0 Å². The van der Waals surface area contributed by atoms with Crippen LogP contribution in [0, 0.1) is 17.5 Å². The number of halogens is 3. The third-order valence-corrected chi connectivity index (χ3v) is 4.58. The number of esters is 1. The molecular weight excluding hydrogens is 391 g/mol. The van der Waals surface area contributed by atoms with Crippen molar-refractivity contribution in [1.29, 1.82) is 0 Å². The van der Waals surface area contributed by atoms with Gasteiger partial charge >= 0.3 is 12.0 Å². The summed E-state index contributed by atoms with van der Waals surface area (Å²) < 4.78 is 50.2. The standard InChI is InChI=1S/C19H20F3N3O4/c1-28-18(26)15-6-3-12(29-15)11-24-7-2-8-25(10-9-24)19(27)23-14-5-4-13(20)16(21)17(14)22/h3-6H,2,7-11H2,1H3,(H,23,27). The van der Waals surface area contributed by atoms with Crippen LogP contribution >= 0.6 is 0 Å². The molecular formula is C19H20F3N3O4. The molecule has 2 amide bonds. The minimum absolute atomic E-state index is 0.117. The largest absolute Gasteiger partial charge is 0.463 e. The summed E-state index contributed by atoms with van der Waals surface area (Å²) in [6.07, 6.45) is 0.651. The molecule has 1 saturated heterocycles. The highest BCUT2D eigenvalue weighted by Crippen LogP contribution is 2.20. The molecule has 10 heteroatoms. The molecule has 0 aliphatic carbocycles. The molecule has 0 saturated carbocycles. The van der Waals surface area contributed by atoms with E-state index in [1.54, 1.807) is 6.07 Å². The Morgan fingerprint density at radius 1 is 1.07 bits per heavy atom. The van der Waals surface area contributed by atoms with Crippen molar-refractivity contribution in [1.82, 2.24) is 9.80 Å². The van der Waals surface area contributed by atoms with Gasteiger partial charge in [0.15, 0.2) is 17.5 Å². The molecule has 0 atom stereocenters. The van der Waals surface area contributed by atoms with Crippen molar-refractivity contribution in [3.8, 4) is 0 Å². The number of urea groups is 1. The summed E-state index contributed by atoms with van der Waals surface area (Å²) in [6.45, 7) is 2.41. The average Bonchev–Trinajstić information content (AvgIpc) is 3.05. The topological polar surface area (TPSA) is 75.0 Å². The van der Waals surface area contributed by atoms with Gasteiger partial charge in [0.2, 0.25) is 5.76 Å². The summed E-state index contributed by atoms with van der Waals surface area (Å²) in [5.74, 6) is -4.23. The van der Waals surface area contributed by atoms with Crippen LogP contribution in [0.25, 0.3) is 0 Å². The van der Waals surface area contributed by atoms with Crippen LogP contribution in [-0.4, -0.2) is 55.1 Å². The number of benzene rings is 1. The summed E-state index contributed by atoms with van der Waals surface area (Å²) in [7, 11) is 1.27. The smallest absolute Gasteiger partial charge is 0.373 e. The predicted octanol–water partition coefficient (Wildman–Crippen LogP) is 3.22. The first kappa shape index (κ1) is 20.7. The van der Waals surface area contributed by atoms with Gasteiger partial charge in [0.1, 0.15) is 5.76 Å². The van der Waals surface area contributed by atoms with Crippen molar-refractivity contribution in [2.24, 2.45) is 0 Å². The Morgan fingerprint density at radius 2 is 1.86 bits per heavy atom. The quantitative estimate of drug-likeness (QED) is 0.618. The second-order valence-electron chi connectivity index (χ2n) is 6.53. The van der Waals surface area contributed by atoms with E-state index in [1.165, 1.54) is 18.1 Å². The van der Waals surface area contributed by atoms with Gasteiger partial charge in [-0.3, -0.25) is 4.90 Å². The molecule has 1 fully saturated rings. The van der Waals surface area contributed by atoms with Gasteiger partial charge in [-0.05, 0) is 30.7 Å². The second kappa shape index (κ2) is 8.99. The van der Waals surface area contributed by atoms with E-state index in [4.69, 9.17) is 4.42 Å². The second-order valence-corrected chi connectivity index (χ2v) is 6.53. The van der Waals surface area contributed by atoms with E-state index in [1.807, 2.05) is 4.90 Å². The Labute approximate surface area is 165 Å². The van der Waals surface area contributed by atoms with Crippen LogP contribution in [0.4, 0.5) is 23.7 Å². The number of hydrogen-bond acceptors (Lipinski definition) is 5. The number of anilines is 1. The van der Waals surface area contributed by atoms with Gasteiger partial charge in [-0.1, -0.05) is 0 Å². The van der Waals surface area contributed by atoms with Gasteiger partial charge < -0.3 is 19.4 Å². The van der Waals surface area contributed by atoms with Crippen LogP contribution in [-0.2, 0) is 11.3 Å². The number of nitrogens with one attached hydrogen (secondary N) is 1. The molecule has 1 aromatic heterocycles. The summed E-state index contributed by atoms with van der Waals surface area (Å²) >= 11 is 0. The number of carbonyl (C=O) groups is 2. The van der Waals surface area contributed by atoms with E-state index in [2.05, 4.69) is 10.1 Å². The van der Waals surface area contributed by atoms with Gasteiger partial charge in [0, 0.05) is 26.2 Å². The molecule has 29 heavy (non-hydrogen) atoms. The van der Waals surface area contributed by atoms with Crippen molar-refractivity contribution in [3.63, 3.8) is 0 Å². The molecule has 0 unspecified atom stereocenters. The lowest BCUT2D eigenvalue weighted by Gasteiger charge is -2.22. The molecule has 7 nitrogen and oxygen atoms in total. The molecule has 3 rings (SSSR count). The van der Waals surface area contributed by atoms with Gasteiger partial charge in [0.05, 0.1) is 19.3 Å². The number of ether oxygens (including phenoxy) is 1. The number of rotatable bonds is 4. The first-order chi connectivity index (χ1) is 13.9. The lowest BCUT2D eigenvalue weighted by atomic mass is 10.3. The number of amides is 2. The average molecular weight is 411 g/mol. The normalized spacial score (nSPS) is 15.1. The first-order valence-electron chi connectivity index (χ1n) is 8.98. The van der Waals surface area contributed by atoms with Crippen LogP contribution in [0.2, 0.25) is 0 Å². The fourth-order valence-corrected chi connectivity index (χ4v) is 3.04. The number of methoxy groups -OCH3 is 1. The molecule has 2 aromatic rings. The number of hydrogen-bond donors (Lipinski definition) is 1. The Morgan fingerprint density at radius 3 is 2.62 bits per heavy atom. The van der Waals surface area contributed by atoms with Crippen LogP contribution in [0.15, 0.2) is 28.7 Å². The maximum absolute atomic E-state index is 13.8. The zero-order valence-corrected chi connectivity index (χ0v) is 15.7. The van der Waals surface area contributed by atoms with Crippen molar-refractivity contribution < 1.29 is 31.9 Å². The molecule has 156 valence electrons. The molecule has 0 radical (unpaired) electrons. The molecule has 2 heterocycles. The van der Waals surface area contributed by atoms with E-state index in [0.29, 0.717) is 44.9 Å². The zero-order valence-electron chi connectivity index (χ0n) is 15.7. The maximum Gasteiger partial charge on any atom is 0.373 e. The molecule has 1 aliphatic rings. The Balaban J connectivity index is 1.57. The van der Waals surface area contributed by atoms with Crippen LogP contribution in [0.3, 0.4) is 0 Å². The number of nitrogens with zero attached hydrogens (tertiary/aromatic N) is 2. The van der Waals surface area contributed by atoms with Crippen LogP contribution in [0.5, 0.6) is 0 Å². The third-order valence-electron chi connectivity index (χ3n) is 4.58.